The van der Waals surface area contributed by atoms with E-state index in [-0.39, 0.29) is 5.69 Å². The summed E-state index contributed by atoms with van der Waals surface area (Å²) in [5, 5.41) is 3.85. The summed E-state index contributed by atoms with van der Waals surface area (Å²) in [5.74, 6) is 1.63. The van der Waals surface area contributed by atoms with Gasteiger partial charge >= 0.3 is 5.97 Å². The normalized spacial score (nSPS) is 11.0. The molecule has 0 aliphatic rings. The minimum Gasteiger partial charge on any atom is -0.422 e. The second-order valence-corrected chi connectivity index (χ2v) is 5.51. The van der Waals surface area contributed by atoms with Gasteiger partial charge in [0.15, 0.2) is 5.69 Å². The predicted molar refractivity (Wildman–Crippen MR) is 89.4 cm³/mol. The van der Waals surface area contributed by atoms with Crippen molar-refractivity contribution < 1.29 is 14.1 Å². The van der Waals surface area contributed by atoms with Crippen molar-refractivity contribution in [3.63, 3.8) is 0 Å². The maximum Gasteiger partial charge on any atom is 0.364 e. The first kappa shape index (κ1) is 15.1. The van der Waals surface area contributed by atoms with Crippen molar-refractivity contribution in [1.29, 1.82) is 0 Å². The average molecular weight is 334 g/mol. The van der Waals surface area contributed by atoms with Gasteiger partial charge < -0.3 is 13.7 Å². The predicted octanol–water partition coefficient (Wildman–Crippen LogP) is 3.22. The number of hydrogen-bond acceptors (Lipinski definition) is 6. The zero-order chi connectivity index (χ0) is 17.4. The largest absolute Gasteiger partial charge is 0.422 e. The van der Waals surface area contributed by atoms with E-state index in [1.807, 2.05) is 35.7 Å². The second kappa shape index (κ2) is 5.86. The smallest absolute Gasteiger partial charge is 0.364 e. The molecule has 3 aromatic heterocycles. The Labute approximate surface area is 142 Å². The Balaban J connectivity index is 1.58. The molecule has 0 amide bonds. The van der Waals surface area contributed by atoms with E-state index in [2.05, 4.69) is 15.1 Å². The van der Waals surface area contributed by atoms with Crippen LogP contribution in [0.25, 0.3) is 16.9 Å². The minimum absolute atomic E-state index is 0.288. The number of benzene rings is 1. The lowest BCUT2D eigenvalue weighted by molar-refractivity contribution is 0.0731. The molecule has 25 heavy (non-hydrogen) atoms. The Kier molecular flexibility index (Phi) is 3.53. The number of rotatable bonds is 3. The van der Waals surface area contributed by atoms with E-state index in [0.717, 1.165) is 11.4 Å². The topological polar surface area (TPSA) is 82.5 Å². The fourth-order valence-electron chi connectivity index (χ4n) is 2.59. The van der Waals surface area contributed by atoms with Crippen LogP contribution in [0.4, 0.5) is 0 Å². The summed E-state index contributed by atoms with van der Waals surface area (Å²) < 4.78 is 12.2. The van der Waals surface area contributed by atoms with E-state index < -0.39 is 5.97 Å². The Bertz CT molecular complexity index is 1060. The summed E-state index contributed by atoms with van der Waals surface area (Å²) in [6.45, 7) is 3.56. The molecule has 0 bridgehead atoms. The third-order valence-electron chi connectivity index (χ3n) is 3.77. The van der Waals surface area contributed by atoms with Crippen molar-refractivity contribution in [3.05, 3.63) is 66.1 Å². The minimum atomic E-state index is -0.500. The van der Waals surface area contributed by atoms with Gasteiger partial charge in [0.05, 0.1) is 5.52 Å². The number of nitrogens with zero attached hydrogens (tertiary/aromatic N) is 4. The average Bonchev–Trinajstić information content (AvgIpc) is 3.20. The Hall–Kier alpha value is -3.48. The molecule has 7 nitrogen and oxygen atoms in total. The van der Waals surface area contributed by atoms with E-state index in [1.165, 1.54) is 0 Å². The van der Waals surface area contributed by atoms with Gasteiger partial charge in [0, 0.05) is 18.7 Å². The highest BCUT2D eigenvalue weighted by atomic mass is 16.5. The SMILES string of the molecule is Cc1nc(-c2ccc(OC(=O)c3nc(C)n4ccccc34)cc2)no1. The van der Waals surface area contributed by atoms with Crippen LogP contribution in [-0.2, 0) is 0 Å². The number of ether oxygens (including phenoxy) is 1. The first-order valence-corrected chi connectivity index (χ1v) is 7.68. The van der Waals surface area contributed by atoms with Crippen LogP contribution in [0.2, 0.25) is 0 Å². The van der Waals surface area contributed by atoms with Crippen LogP contribution < -0.4 is 4.74 Å². The number of pyridine rings is 1. The molecular weight excluding hydrogens is 320 g/mol. The first-order chi connectivity index (χ1) is 12.1. The van der Waals surface area contributed by atoms with Gasteiger partial charge in [-0.15, -0.1) is 0 Å². The van der Waals surface area contributed by atoms with Crippen molar-refractivity contribution in [3.8, 4) is 17.1 Å². The van der Waals surface area contributed by atoms with Gasteiger partial charge in [-0.25, -0.2) is 9.78 Å². The number of carbonyl (C=O) groups excluding carboxylic acids is 1. The van der Waals surface area contributed by atoms with Crippen molar-refractivity contribution >= 4 is 11.5 Å². The molecule has 7 heteroatoms. The molecule has 0 fully saturated rings. The molecule has 0 atom stereocenters. The maximum absolute atomic E-state index is 12.5. The molecule has 3 heterocycles. The van der Waals surface area contributed by atoms with Gasteiger partial charge in [-0.2, -0.15) is 4.98 Å². The van der Waals surface area contributed by atoms with E-state index in [1.54, 1.807) is 31.2 Å². The zero-order valence-electron chi connectivity index (χ0n) is 13.6. The lowest BCUT2D eigenvalue weighted by Crippen LogP contribution is -2.09. The highest BCUT2D eigenvalue weighted by Gasteiger charge is 2.17. The molecule has 0 spiro atoms. The lowest BCUT2D eigenvalue weighted by Gasteiger charge is -2.03. The number of esters is 1. The van der Waals surface area contributed by atoms with Gasteiger partial charge in [-0.05, 0) is 43.3 Å². The Morgan fingerprint density at radius 3 is 2.60 bits per heavy atom. The molecule has 1 aromatic carbocycles. The number of imidazole rings is 1. The summed E-state index contributed by atoms with van der Waals surface area (Å²) in [6, 6.07) is 12.5. The number of aryl methyl sites for hydroxylation is 2. The molecular formula is C18H14N4O3. The van der Waals surface area contributed by atoms with Gasteiger partial charge in [-0.1, -0.05) is 11.2 Å². The van der Waals surface area contributed by atoms with Gasteiger partial charge in [0.2, 0.25) is 11.7 Å². The van der Waals surface area contributed by atoms with Gasteiger partial charge in [0.1, 0.15) is 11.6 Å². The molecule has 0 unspecified atom stereocenters. The van der Waals surface area contributed by atoms with Gasteiger partial charge in [0.25, 0.3) is 0 Å². The Morgan fingerprint density at radius 2 is 1.88 bits per heavy atom. The van der Waals surface area contributed by atoms with Gasteiger partial charge in [-0.3, -0.25) is 0 Å². The van der Waals surface area contributed by atoms with Crippen molar-refractivity contribution in [1.82, 2.24) is 19.5 Å². The van der Waals surface area contributed by atoms with E-state index in [0.29, 0.717) is 23.0 Å². The van der Waals surface area contributed by atoms with Crippen LogP contribution in [0.5, 0.6) is 5.75 Å². The molecule has 124 valence electrons. The van der Waals surface area contributed by atoms with Crippen molar-refractivity contribution in [2.75, 3.05) is 0 Å². The Morgan fingerprint density at radius 1 is 1.08 bits per heavy atom. The molecule has 0 radical (unpaired) electrons. The second-order valence-electron chi connectivity index (χ2n) is 5.51. The van der Waals surface area contributed by atoms with Crippen LogP contribution in [0.3, 0.4) is 0 Å². The number of carbonyl (C=O) groups is 1. The molecule has 4 rings (SSSR count). The standard InChI is InChI=1S/C18H14N4O3/c1-11-19-16(15-5-3-4-10-22(11)15)18(23)24-14-8-6-13(7-9-14)17-20-12(2)25-21-17/h3-10H,1-2H3. The van der Waals surface area contributed by atoms with Crippen LogP contribution in [0.15, 0.2) is 53.2 Å². The molecule has 0 N–H and O–H groups in total. The summed E-state index contributed by atoms with van der Waals surface area (Å²) in [6.07, 6.45) is 1.86. The number of fused-ring (bicyclic) bond motifs is 1. The molecule has 4 aromatic rings. The fraction of sp³-hybridized carbons (Fsp3) is 0.111. The van der Waals surface area contributed by atoms with Crippen LogP contribution in [0, 0.1) is 13.8 Å². The molecule has 0 saturated carbocycles. The lowest BCUT2D eigenvalue weighted by atomic mass is 10.2. The summed E-state index contributed by atoms with van der Waals surface area (Å²) in [5.41, 5.74) is 1.78. The summed E-state index contributed by atoms with van der Waals surface area (Å²) in [4.78, 5) is 20.9. The third kappa shape index (κ3) is 2.76. The number of hydrogen-bond donors (Lipinski definition) is 0. The summed E-state index contributed by atoms with van der Waals surface area (Å²) >= 11 is 0. The van der Waals surface area contributed by atoms with Crippen LogP contribution >= 0.6 is 0 Å². The molecule has 0 aliphatic carbocycles. The number of aromatic nitrogens is 4. The summed E-state index contributed by atoms with van der Waals surface area (Å²) in [7, 11) is 0. The monoisotopic (exact) mass is 334 g/mol. The zero-order valence-corrected chi connectivity index (χ0v) is 13.6. The van der Waals surface area contributed by atoms with E-state index in [9.17, 15) is 4.79 Å². The van der Waals surface area contributed by atoms with E-state index in [4.69, 9.17) is 9.26 Å². The van der Waals surface area contributed by atoms with Crippen LogP contribution in [0.1, 0.15) is 22.2 Å². The molecule has 0 aliphatic heterocycles. The quantitative estimate of drug-likeness (QED) is 0.422. The highest BCUT2D eigenvalue weighted by Crippen LogP contribution is 2.21. The van der Waals surface area contributed by atoms with Crippen molar-refractivity contribution in [2.24, 2.45) is 0 Å². The van der Waals surface area contributed by atoms with E-state index >= 15 is 0 Å². The molecule has 0 saturated heterocycles. The van der Waals surface area contributed by atoms with Crippen LogP contribution in [-0.4, -0.2) is 25.5 Å². The maximum atomic E-state index is 12.5. The third-order valence-corrected chi connectivity index (χ3v) is 3.77. The fourth-order valence-corrected chi connectivity index (χ4v) is 2.59. The van der Waals surface area contributed by atoms with Crippen molar-refractivity contribution in [2.45, 2.75) is 13.8 Å². The highest BCUT2D eigenvalue weighted by molar-refractivity contribution is 5.96. The first-order valence-electron chi connectivity index (χ1n) is 7.68.